The van der Waals surface area contributed by atoms with Crippen LogP contribution in [0.25, 0.3) is 0 Å². The van der Waals surface area contributed by atoms with Crippen LogP contribution in [0.3, 0.4) is 0 Å². The predicted octanol–water partition coefficient (Wildman–Crippen LogP) is 4.50. The summed E-state index contributed by atoms with van der Waals surface area (Å²) in [6.45, 7) is 1.76. The van der Waals surface area contributed by atoms with Crippen LogP contribution in [-0.2, 0) is 0 Å². The van der Waals surface area contributed by atoms with E-state index in [9.17, 15) is 14.0 Å². The lowest BCUT2D eigenvalue weighted by molar-refractivity contribution is 0.0740. The molecule has 1 unspecified atom stereocenters. The molecule has 0 bridgehead atoms. The Morgan fingerprint density at radius 1 is 1.07 bits per heavy atom. The minimum Gasteiger partial charge on any atom is -0.459 e. The molecule has 27 heavy (non-hydrogen) atoms. The summed E-state index contributed by atoms with van der Waals surface area (Å²) in [7, 11) is 1.62. The maximum Gasteiger partial charge on any atom is 0.291 e. The van der Waals surface area contributed by atoms with E-state index >= 15 is 0 Å². The zero-order valence-electron chi connectivity index (χ0n) is 15.0. The van der Waals surface area contributed by atoms with Gasteiger partial charge in [0.1, 0.15) is 5.82 Å². The van der Waals surface area contributed by atoms with Gasteiger partial charge in [-0.3, -0.25) is 9.59 Å². The summed E-state index contributed by atoms with van der Waals surface area (Å²) in [6, 6.07) is 15.7. The Morgan fingerprint density at radius 2 is 1.85 bits per heavy atom. The fourth-order valence-corrected chi connectivity index (χ4v) is 2.73. The van der Waals surface area contributed by atoms with Gasteiger partial charge in [-0.25, -0.2) is 4.39 Å². The zero-order valence-corrected chi connectivity index (χ0v) is 15.0. The molecule has 1 heterocycles. The van der Waals surface area contributed by atoms with E-state index in [0.29, 0.717) is 16.8 Å². The van der Waals surface area contributed by atoms with Gasteiger partial charge in [-0.1, -0.05) is 24.3 Å². The number of hydrogen-bond acceptors (Lipinski definition) is 3. The van der Waals surface area contributed by atoms with Crippen LogP contribution in [-0.4, -0.2) is 23.8 Å². The number of anilines is 1. The molecule has 1 N–H and O–H groups in total. The first-order chi connectivity index (χ1) is 13.0. The highest BCUT2D eigenvalue weighted by molar-refractivity contribution is 6.03. The standard InChI is InChI=1S/C21H19FN2O3/c1-14(17-9-3-4-10-18(17)22)24(2)21(26)15-7-5-8-16(13-15)23-20(25)19-11-6-12-27-19/h3-14H,1-2H3,(H,23,25). The third kappa shape index (κ3) is 4.06. The maximum atomic E-state index is 14.0. The fraction of sp³-hybridized carbons (Fsp3) is 0.143. The van der Waals surface area contributed by atoms with Crippen molar-refractivity contribution in [3.8, 4) is 0 Å². The molecule has 3 rings (SSSR count). The highest BCUT2D eigenvalue weighted by atomic mass is 19.1. The molecule has 1 atom stereocenters. The molecule has 6 heteroatoms. The fourth-order valence-electron chi connectivity index (χ4n) is 2.73. The number of rotatable bonds is 5. The number of hydrogen-bond donors (Lipinski definition) is 1. The highest BCUT2D eigenvalue weighted by Gasteiger charge is 2.21. The van der Waals surface area contributed by atoms with E-state index in [2.05, 4.69) is 5.32 Å². The van der Waals surface area contributed by atoms with E-state index in [0.717, 1.165) is 0 Å². The molecule has 5 nitrogen and oxygen atoms in total. The Labute approximate surface area is 156 Å². The topological polar surface area (TPSA) is 62.6 Å². The first-order valence-electron chi connectivity index (χ1n) is 8.44. The van der Waals surface area contributed by atoms with Crippen molar-refractivity contribution in [1.82, 2.24) is 4.90 Å². The van der Waals surface area contributed by atoms with Crippen molar-refractivity contribution >= 4 is 17.5 Å². The van der Waals surface area contributed by atoms with Crippen molar-refractivity contribution in [2.45, 2.75) is 13.0 Å². The average Bonchev–Trinajstić information content (AvgIpc) is 3.22. The molecular weight excluding hydrogens is 347 g/mol. The Hall–Kier alpha value is -3.41. The molecule has 0 spiro atoms. The average molecular weight is 366 g/mol. The lowest BCUT2D eigenvalue weighted by Crippen LogP contribution is -2.30. The van der Waals surface area contributed by atoms with E-state index in [-0.39, 0.29) is 17.5 Å². The molecule has 3 aromatic rings. The molecule has 0 fully saturated rings. The van der Waals surface area contributed by atoms with Crippen LogP contribution in [0.4, 0.5) is 10.1 Å². The van der Waals surface area contributed by atoms with Crippen LogP contribution in [0.2, 0.25) is 0 Å². The first kappa shape index (κ1) is 18.4. The summed E-state index contributed by atoms with van der Waals surface area (Å²) in [6.07, 6.45) is 1.41. The monoisotopic (exact) mass is 366 g/mol. The Morgan fingerprint density at radius 3 is 2.56 bits per heavy atom. The van der Waals surface area contributed by atoms with Crippen LogP contribution in [0, 0.1) is 5.82 Å². The lowest BCUT2D eigenvalue weighted by Gasteiger charge is -2.26. The smallest absolute Gasteiger partial charge is 0.291 e. The first-order valence-corrected chi connectivity index (χ1v) is 8.44. The van der Waals surface area contributed by atoms with Crippen LogP contribution in [0.15, 0.2) is 71.3 Å². The summed E-state index contributed by atoms with van der Waals surface area (Å²) in [5.41, 5.74) is 1.29. The minimum atomic E-state index is -0.444. The Bertz CT molecular complexity index is 954. The normalized spacial score (nSPS) is 11.7. The van der Waals surface area contributed by atoms with Gasteiger partial charge in [-0.2, -0.15) is 0 Å². The van der Waals surface area contributed by atoms with Gasteiger partial charge in [0.2, 0.25) is 0 Å². The minimum absolute atomic E-state index is 0.178. The van der Waals surface area contributed by atoms with E-state index in [1.807, 2.05) is 0 Å². The molecule has 1 aromatic heterocycles. The van der Waals surface area contributed by atoms with Gasteiger partial charge in [-0.15, -0.1) is 0 Å². The number of benzene rings is 2. The van der Waals surface area contributed by atoms with Crippen LogP contribution >= 0.6 is 0 Å². The second kappa shape index (κ2) is 7.86. The van der Waals surface area contributed by atoms with Gasteiger partial charge in [0.05, 0.1) is 12.3 Å². The van der Waals surface area contributed by atoms with E-state index in [4.69, 9.17) is 4.42 Å². The number of carbonyl (C=O) groups excluding carboxylic acids is 2. The number of amides is 2. The number of carbonyl (C=O) groups is 2. The molecule has 0 aliphatic heterocycles. The predicted molar refractivity (Wildman–Crippen MR) is 100 cm³/mol. The van der Waals surface area contributed by atoms with Gasteiger partial charge in [0, 0.05) is 23.9 Å². The van der Waals surface area contributed by atoms with Crippen LogP contribution in [0.5, 0.6) is 0 Å². The second-order valence-electron chi connectivity index (χ2n) is 6.13. The Balaban J connectivity index is 1.76. The molecule has 0 aliphatic rings. The molecule has 138 valence electrons. The number of halogens is 1. The van der Waals surface area contributed by atoms with Gasteiger partial charge >= 0.3 is 0 Å². The van der Waals surface area contributed by atoms with Crippen molar-refractivity contribution in [3.63, 3.8) is 0 Å². The van der Waals surface area contributed by atoms with E-state index in [1.165, 1.54) is 17.2 Å². The molecule has 2 amide bonds. The summed E-state index contributed by atoms with van der Waals surface area (Å²) in [4.78, 5) is 26.4. The summed E-state index contributed by atoms with van der Waals surface area (Å²) in [5.74, 6) is -0.862. The number of nitrogens with one attached hydrogen (secondary N) is 1. The summed E-state index contributed by atoms with van der Waals surface area (Å²) >= 11 is 0. The highest BCUT2D eigenvalue weighted by Crippen LogP contribution is 2.24. The van der Waals surface area contributed by atoms with Crippen molar-refractivity contribution in [2.24, 2.45) is 0 Å². The molecule has 0 saturated carbocycles. The summed E-state index contributed by atoms with van der Waals surface area (Å²) < 4.78 is 19.1. The van der Waals surface area contributed by atoms with Gasteiger partial charge in [-0.05, 0) is 43.3 Å². The second-order valence-corrected chi connectivity index (χ2v) is 6.13. The van der Waals surface area contributed by atoms with E-state index < -0.39 is 11.9 Å². The van der Waals surface area contributed by atoms with E-state index in [1.54, 1.807) is 68.6 Å². The molecular formula is C21H19FN2O3. The molecule has 0 aliphatic carbocycles. The molecule has 0 radical (unpaired) electrons. The quantitative estimate of drug-likeness (QED) is 0.723. The maximum absolute atomic E-state index is 14.0. The zero-order chi connectivity index (χ0) is 19.4. The summed E-state index contributed by atoms with van der Waals surface area (Å²) in [5, 5.41) is 2.69. The molecule has 0 saturated heterocycles. The van der Waals surface area contributed by atoms with Gasteiger partial charge in [0.15, 0.2) is 5.76 Å². The van der Waals surface area contributed by atoms with Crippen LogP contribution in [0.1, 0.15) is 39.4 Å². The lowest BCUT2D eigenvalue weighted by atomic mass is 10.1. The Kier molecular flexibility index (Phi) is 5.35. The number of furan rings is 1. The third-order valence-electron chi connectivity index (χ3n) is 4.37. The third-order valence-corrected chi connectivity index (χ3v) is 4.37. The van der Waals surface area contributed by atoms with Crippen LogP contribution < -0.4 is 5.32 Å². The van der Waals surface area contributed by atoms with Gasteiger partial charge in [0.25, 0.3) is 11.8 Å². The van der Waals surface area contributed by atoms with Crippen molar-refractivity contribution < 1.29 is 18.4 Å². The molecule has 2 aromatic carbocycles. The van der Waals surface area contributed by atoms with Crippen molar-refractivity contribution in [3.05, 3.63) is 89.6 Å². The number of nitrogens with zero attached hydrogens (tertiary/aromatic N) is 1. The van der Waals surface area contributed by atoms with Gasteiger partial charge < -0.3 is 14.6 Å². The van der Waals surface area contributed by atoms with Crippen molar-refractivity contribution in [2.75, 3.05) is 12.4 Å². The largest absolute Gasteiger partial charge is 0.459 e. The SMILES string of the molecule is CC(c1ccccc1F)N(C)C(=O)c1cccc(NC(=O)c2ccco2)c1. The van der Waals surface area contributed by atoms with Crippen molar-refractivity contribution in [1.29, 1.82) is 0 Å².